The number of nitrogens with zero attached hydrogens (tertiary/aromatic N) is 2. The van der Waals surface area contributed by atoms with E-state index in [1.165, 1.54) is 7.11 Å². The Bertz CT molecular complexity index is 590. The number of aryl methyl sites for hydroxylation is 1. The van der Waals surface area contributed by atoms with Crippen LogP contribution in [0, 0.1) is 0 Å². The van der Waals surface area contributed by atoms with E-state index in [1.807, 2.05) is 19.3 Å². The molecule has 2 rings (SSSR count). The lowest BCUT2D eigenvalue weighted by Crippen LogP contribution is -2.07. The zero-order valence-electron chi connectivity index (χ0n) is 11.2. The lowest BCUT2D eigenvalue weighted by atomic mass is 10.1. The first kappa shape index (κ1) is 13.1. The van der Waals surface area contributed by atoms with Crippen LogP contribution in [-0.2, 0) is 13.5 Å². The predicted octanol–water partition coefficient (Wildman–Crippen LogP) is 1.86. The number of Topliss-reactive ketones (excluding diaryl/α,β-unsaturated/α-hetero) is 1. The smallest absolute Gasteiger partial charge is 0.172 e. The van der Waals surface area contributed by atoms with Crippen LogP contribution in [0.25, 0.3) is 0 Å². The summed E-state index contributed by atoms with van der Waals surface area (Å²) in [5.41, 5.74) is 1.28. The minimum absolute atomic E-state index is 0.0294. The summed E-state index contributed by atoms with van der Waals surface area (Å²) in [5.74, 6) is 1.14. The topological polar surface area (TPSA) is 53.4 Å². The normalized spacial score (nSPS) is 10.3. The second-order valence-corrected chi connectivity index (χ2v) is 4.15. The minimum Gasteiger partial charge on any atom is -0.497 e. The van der Waals surface area contributed by atoms with E-state index in [0.717, 1.165) is 5.69 Å². The summed E-state index contributed by atoms with van der Waals surface area (Å²) in [6, 6.07) is 6.98. The highest BCUT2D eigenvalue weighted by atomic mass is 16.5. The number of ketones is 1. The van der Waals surface area contributed by atoms with E-state index >= 15 is 0 Å². The van der Waals surface area contributed by atoms with E-state index in [1.54, 1.807) is 30.0 Å². The Morgan fingerprint density at radius 1 is 1.26 bits per heavy atom. The van der Waals surface area contributed by atoms with Crippen LogP contribution in [0.15, 0.2) is 30.5 Å². The highest BCUT2D eigenvalue weighted by Crippen LogP contribution is 2.25. The molecule has 0 spiro atoms. The van der Waals surface area contributed by atoms with Crippen molar-refractivity contribution in [1.29, 1.82) is 0 Å². The van der Waals surface area contributed by atoms with Crippen LogP contribution in [0.2, 0.25) is 0 Å². The molecule has 19 heavy (non-hydrogen) atoms. The first-order valence-corrected chi connectivity index (χ1v) is 5.88. The van der Waals surface area contributed by atoms with Gasteiger partial charge in [-0.15, -0.1) is 0 Å². The van der Waals surface area contributed by atoms with E-state index < -0.39 is 0 Å². The van der Waals surface area contributed by atoms with Crippen molar-refractivity contribution in [3.05, 3.63) is 41.7 Å². The molecule has 0 fully saturated rings. The molecule has 1 aromatic carbocycles. The Labute approximate surface area is 111 Å². The molecule has 0 aliphatic heterocycles. The maximum absolute atomic E-state index is 12.2. The van der Waals surface area contributed by atoms with Crippen LogP contribution in [0.1, 0.15) is 16.1 Å². The minimum atomic E-state index is -0.0294. The highest BCUT2D eigenvalue weighted by molar-refractivity contribution is 6.00. The largest absolute Gasteiger partial charge is 0.497 e. The van der Waals surface area contributed by atoms with Gasteiger partial charge in [0.1, 0.15) is 11.5 Å². The van der Waals surface area contributed by atoms with Crippen molar-refractivity contribution in [3.63, 3.8) is 0 Å². The van der Waals surface area contributed by atoms with Gasteiger partial charge in [0.25, 0.3) is 0 Å². The van der Waals surface area contributed by atoms with Crippen molar-refractivity contribution in [2.75, 3.05) is 14.2 Å². The molecule has 0 bridgehead atoms. The van der Waals surface area contributed by atoms with Crippen LogP contribution >= 0.6 is 0 Å². The molecule has 1 heterocycles. The molecule has 2 aromatic rings. The van der Waals surface area contributed by atoms with Crippen molar-refractivity contribution in [2.24, 2.45) is 7.05 Å². The summed E-state index contributed by atoms with van der Waals surface area (Å²) in [6.07, 6.45) is 2.07. The fraction of sp³-hybridized carbons (Fsp3) is 0.286. The number of hydrogen-bond acceptors (Lipinski definition) is 4. The molecule has 0 saturated carbocycles. The number of rotatable bonds is 5. The highest BCUT2D eigenvalue weighted by Gasteiger charge is 2.14. The van der Waals surface area contributed by atoms with Gasteiger partial charge in [0, 0.05) is 19.3 Å². The van der Waals surface area contributed by atoms with E-state index in [9.17, 15) is 4.79 Å². The van der Waals surface area contributed by atoms with E-state index in [0.29, 0.717) is 17.1 Å². The second-order valence-electron chi connectivity index (χ2n) is 4.15. The number of carbonyl (C=O) groups is 1. The third-order valence-corrected chi connectivity index (χ3v) is 2.82. The SMILES string of the molecule is COc1ccc(C(=O)Cc2ccn(C)n2)c(OC)c1. The first-order chi connectivity index (χ1) is 9.13. The maximum atomic E-state index is 12.2. The molecule has 0 amide bonds. The van der Waals surface area contributed by atoms with Crippen LogP contribution < -0.4 is 9.47 Å². The number of methoxy groups -OCH3 is 2. The Kier molecular flexibility index (Phi) is 3.85. The van der Waals surface area contributed by atoms with Crippen molar-refractivity contribution in [3.8, 4) is 11.5 Å². The van der Waals surface area contributed by atoms with Crippen LogP contribution in [0.4, 0.5) is 0 Å². The molecule has 0 atom stereocenters. The third kappa shape index (κ3) is 2.93. The molecule has 5 heteroatoms. The number of hydrogen-bond donors (Lipinski definition) is 0. The lowest BCUT2D eigenvalue weighted by Gasteiger charge is -2.09. The van der Waals surface area contributed by atoms with Gasteiger partial charge in [-0.2, -0.15) is 5.10 Å². The number of ether oxygens (including phenoxy) is 2. The van der Waals surface area contributed by atoms with Gasteiger partial charge in [-0.25, -0.2) is 0 Å². The Morgan fingerprint density at radius 3 is 2.63 bits per heavy atom. The predicted molar refractivity (Wildman–Crippen MR) is 70.8 cm³/mol. The second kappa shape index (κ2) is 5.56. The molecule has 0 radical (unpaired) electrons. The molecule has 0 saturated heterocycles. The van der Waals surface area contributed by atoms with Crippen LogP contribution in [0.3, 0.4) is 0 Å². The van der Waals surface area contributed by atoms with Gasteiger partial charge in [0.15, 0.2) is 5.78 Å². The Hall–Kier alpha value is -2.30. The summed E-state index contributed by atoms with van der Waals surface area (Å²) in [6.45, 7) is 0. The average molecular weight is 260 g/mol. The molecule has 1 aromatic heterocycles. The Balaban J connectivity index is 2.23. The summed E-state index contributed by atoms with van der Waals surface area (Å²) in [5, 5.41) is 4.20. The summed E-state index contributed by atoms with van der Waals surface area (Å²) < 4.78 is 12.0. The zero-order valence-corrected chi connectivity index (χ0v) is 11.2. The third-order valence-electron chi connectivity index (χ3n) is 2.82. The van der Waals surface area contributed by atoms with Gasteiger partial charge in [-0.3, -0.25) is 9.48 Å². The quantitative estimate of drug-likeness (QED) is 0.770. The van der Waals surface area contributed by atoms with Crippen molar-refractivity contribution >= 4 is 5.78 Å². The monoisotopic (exact) mass is 260 g/mol. The van der Waals surface area contributed by atoms with Gasteiger partial charge in [0.2, 0.25) is 0 Å². The summed E-state index contributed by atoms with van der Waals surface area (Å²) >= 11 is 0. The van der Waals surface area contributed by atoms with Crippen LogP contribution in [0.5, 0.6) is 11.5 Å². The number of aromatic nitrogens is 2. The maximum Gasteiger partial charge on any atom is 0.172 e. The molecule has 0 unspecified atom stereocenters. The van der Waals surface area contributed by atoms with Gasteiger partial charge in [-0.1, -0.05) is 0 Å². The summed E-state index contributed by atoms with van der Waals surface area (Å²) in [7, 11) is 4.93. The average Bonchev–Trinajstić information content (AvgIpc) is 2.83. The standard InChI is InChI=1S/C14H16N2O3/c1-16-7-6-10(15-16)8-13(17)12-5-4-11(18-2)9-14(12)19-3/h4-7,9H,8H2,1-3H3. The van der Waals surface area contributed by atoms with Gasteiger partial charge < -0.3 is 9.47 Å². The number of benzene rings is 1. The molecule has 0 aliphatic carbocycles. The van der Waals surface area contributed by atoms with Crippen molar-refractivity contribution < 1.29 is 14.3 Å². The molecule has 5 nitrogen and oxygen atoms in total. The molecule has 0 aliphatic rings. The van der Waals surface area contributed by atoms with Crippen molar-refractivity contribution in [1.82, 2.24) is 9.78 Å². The molecule has 0 N–H and O–H groups in total. The van der Waals surface area contributed by atoms with Crippen LogP contribution in [-0.4, -0.2) is 29.8 Å². The van der Waals surface area contributed by atoms with Gasteiger partial charge >= 0.3 is 0 Å². The number of carbonyl (C=O) groups excluding carboxylic acids is 1. The Morgan fingerprint density at radius 2 is 2.05 bits per heavy atom. The van der Waals surface area contributed by atoms with E-state index in [2.05, 4.69) is 5.10 Å². The van der Waals surface area contributed by atoms with Gasteiger partial charge in [0.05, 0.1) is 31.9 Å². The zero-order chi connectivity index (χ0) is 13.8. The fourth-order valence-corrected chi connectivity index (χ4v) is 1.85. The first-order valence-electron chi connectivity index (χ1n) is 5.88. The van der Waals surface area contributed by atoms with Crippen molar-refractivity contribution in [2.45, 2.75) is 6.42 Å². The molecule has 100 valence electrons. The lowest BCUT2D eigenvalue weighted by molar-refractivity contribution is 0.0989. The van der Waals surface area contributed by atoms with Gasteiger partial charge in [-0.05, 0) is 18.2 Å². The summed E-state index contributed by atoms with van der Waals surface area (Å²) in [4.78, 5) is 12.2. The van der Waals surface area contributed by atoms with E-state index in [4.69, 9.17) is 9.47 Å². The molecular weight excluding hydrogens is 244 g/mol. The van der Waals surface area contributed by atoms with E-state index in [-0.39, 0.29) is 12.2 Å². The molecular formula is C14H16N2O3. The fourth-order valence-electron chi connectivity index (χ4n) is 1.85.